The van der Waals surface area contributed by atoms with E-state index in [0.29, 0.717) is 75.9 Å². The summed E-state index contributed by atoms with van der Waals surface area (Å²) in [6, 6.07) is 0. The molecule has 1 radical (unpaired) electrons. The number of nitrogens with one attached hydrogen (secondary N) is 4. The molecule has 0 aromatic heterocycles. The van der Waals surface area contributed by atoms with Crippen molar-refractivity contribution in [2.45, 2.75) is 64.2 Å². The van der Waals surface area contributed by atoms with Gasteiger partial charge in [-0.05, 0) is 51.6 Å². The Balaban J connectivity index is -0.000000214. The smallest absolute Gasteiger partial charge is 0.407 e. The lowest BCUT2D eigenvalue weighted by Gasteiger charge is -2.08. The molecule has 0 rings (SSSR count). The molecule has 0 bridgehead atoms. The Hall–Kier alpha value is -0.950. The summed E-state index contributed by atoms with van der Waals surface area (Å²) < 4.78 is 15.8. The lowest BCUT2D eigenvalue weighted by Crippen LogP contribution is -2.34. The minimum absolute atomic E-state index is 0.335. The topological polar surface area (TPSA) is 212 Å². The van der Waals surface area contributed by atoms with E-state index < -0.39 is 6.09 Å². The Morgan fingerprint density at radius 1 is 0.708 bits per heavy atom. The number of carbonyl (C=O) groups is 8. The molecule has 0 saturated carbocycles. The molecule has 0 fully saturated rings. The normalized spacial score (nSPS) is 9.31. The molecule has 4 N–H and O–H groups in total. The molecule has 0 aromatic carbocycles. The molecule has 21 heteroatoms. The molecule has 2 atom stereocenters. The van der Waals surface area contributed by atoms with E-state index in [9.17, 15) is 28.8 Å². The van der Waals surface area contributed by atoms with Crippen LogP contribution in [0.1, 0.15) is 64.2 Å². The van der Waals surface area contributed by atoms with Crippen LogP contribution in [0.5, 0.6) is 0 Å². The number of hydrogen-bond acceptors (Lipinski definition) is 13. The molecule has 0 spiro atoms. The number of ether oxygens (including phenoxy) is 3. The monoisotopic (exact) mass is 947 g/mol. The number of hydrogen-bond donors (Lipinski definition) is 4. The maximum atomic E-state index is 11.3. The highest BCUT2D eigenvalue weighted by molar-refractivity contribution is 14.2. The Bertz CT molecular complexity index is 725. The Morgan fingerprint density at radius 3 is 1.79 bits per heavy atom. The van der Waals surface area contributed by atoms with Crippen LogP contribution < -0.4 is 21.1 Å². The second-order valence-electron chi connectivity index (χ2n) is 8.58. The third kappa shape index (κ3) is 67.3. The predicted molar refractivity (Wildman–Crippen MR) is 212 cm³/mol. The van der Waals surface area contributed by atoms with Gasteiger partial charge in [0.1, 0.15) is 38.7 Å². The second kappa shape index (κ2) is 58.3. The molecule has 48 heavy (non-hydrogen) atoms. The highest BCUT2D eigenvalue weighted by Crippen LogP contribution is 2.14. The first-order valence-electron chi connectivity index (χ1n) is 15.1. The van der Waals surface area contributed by atoms with Gasteiger partial charge in [0.25, 0.3) is 5.91 Å². The highest BCUT2D eigenvalue weighted by Gasteiger charge is 2.06. The fraction of sp³-hybridized carbons (Fsp3) is 0.704. The zero-order chi connectivity index (χ0) is 37.4. The summed E-state index contributed by atoms with van der Waals surface area (Å²) in [7, 11) is 4.73. The van der Waals surface area contributed by atoms with E-state index in [4.69, 9.17) is 23.8 Å². The van der Waals surface area contributed by atoms with Crippen molar-refractivity contribution in [3.63, 3.8) is 0 Å². The maximum absolute atomic E-state index is 11.3. The third-order valence-electron chi connectivity index (χ3n) is 4.77. The molecular formula is C27H53B2I2N4O11P2. The van der Waals surface area contributed by atoms with Crippen molar-refractivity contribution in [2.24, 2.45) is 0 Å². The molecule has 2 amide bonds. The van der Waals surface area contributed by atoms with Crippen LogP contribution in [-0.2, 0) is 47.8 Å². The SMILES string of the molecule is C=O.C=O.O=CCCCC=O.O=CCCCNC(=O)COC(=O)NCCOCCCCN[B]PI.O=CCCOCCCCNB(P)I. The van der Waals surface area contributed by atoms with Gasteiger partial charge >= 0.3 is 10.5 Å². The summed E-state index contributed by atoms with van der Waals surface area (Å²) >= 11 is 4.60. The fourth-order valence-electron chi connectivity index (χ4n) is 2.60. The largest absolute Gasteiger partial charge is 0.439 e. The summed E-state index contributed by atoms with van der Waals surface area (Å²) in [4.78, 5) is 77.8. The molecule has 2 unspecified atom stereocenters. The molecule has 0 heterocycles. The standard InChI is InChI=1S/C13H25BIN3O5P.C7H16BINO2P.C5H8O2.2CH2O/c15-24-14-18-6-2-4-9-22-10-7-17-13(21)23-11-12(20)16-5-1-3-8-19;9-8(13)10-4-1-2-6-12-7-3-5-11;6-4-2-1-3-5-7;2*1-2/h8,18,24H,1-7,9-11H2,(H,16,20)(H,17,21);5,10H,1-4,6-7,13H2;4-5H,1-3H2;2*1H2. The van der Waals surface area contributed by atoms with E-state index in [1.165, 1.54) is 0 Å². The fourth-order valence-corrected chi connectivity index (χ4v) is 3.96. The summed E-state index contributed by atoms with van der Waals surface area (Å²) in [5, 5.41) is 11.5. The van der Waals surface area contributed by atoms with Crippen LogP contribution in [0.4, 0.5) is 4.79 Å². The lowest BCUT2D eigenvalue weighted by atomic mass is 10.3. The van der Waals surface area contributed by atoms with Crippen molar-refractivity contribution >= 4 is 122 Å². The van der Waals surface area contributed by atoms with Crippen molar-refractivity contribution < 1.29 is 52.6 Å². The number of rotatable bonds is 29. The molecular weight excluding hydrogens is 894 g/mol. The van der Waals surface area contributed by atoms with E-state index in [1.54, 1.807) is 0 Å². The van der Waals surface area contributed by atoms with Gasteiger partial charge in [-0.1, -0.05) is 28.1 Å². The van der Waals surface area contributed by atoms with Gasteiger partial charge in [-0.2, -0.15) is 0 Å². The Kier molecular flexibility index (Phi) is 68.5. The van der Waals surface area contributed by atoms with E-state index in [1.807, 2.05) is 20.7 Å². The number of alkyl carbamates (subject to hydrolysis) is 1. The summed E-state index contributed by atoms with van der Waals surface area (Å²) in [6.07, 6.45) is 10.8. The average molecular weight is 947 g/mol. The third-order valence-corrected chi connectivity index (χ3v) is 6.69. The molecule has 277 valence electrons. The van der Waals surface area contributed by atoms with Gasteiger partial charge in [0.2, 0.25) is 7.13 Å². The molecule has 0 aliphatic heterocycles. The molecule has 0 aliphatic carbocycles. The van der Waals surface area contributed by atoms with E-state index in [0.717, 1.165) is 76.6 Å². The van der Waals surface area contributed by atoms with E-state index in [2.05, 4.69) is 74.6 Å². The number of amides is 2. The van der Waals surface area contributed by atoms with Gasteiger partial charge in [0, 0.05) is 52.0 Å². The van der Waals surface area contributed by atoms with Crippen LogP contribution in [-0.4, -0.2) is 121 Å². The van der Waals surface area contributed by atoms with Crippen LogP contribution in [0.3, 0.4) is 0 Å². The maximum Gasteiger partial charge on any atom is 0.407 e. The summed E-state index contributed by atoms with van der Waals surface area (Å²) in [5.74, 6) is -0.388. The summed E-state index contributed by atoms with van der Waals surface area (Å²) in [5.41, 5.74) is 0. The highest BCUT2D eigenvalue weighted by atomic mass is 127. The Morgan fingerprint density at radius 2 is 1.25 bits per heavy atom. The van der Waals surface area contributed by atoms with E-state index >= 15 is 0 Å². The molecule has 0 aromatic rings. The lowest BCUT2D eigenvalue weighted by molar-refractivity contribution is -0.124. The number of carbonyl (C=O) groups excluding carboxylic acids is 8. The van der Waals surface area contributed by atoms with Gasteiger partial charge < -0.3 is 64.1 Å². The van der Waals surface area contributed by atoms with Crippen LogP contribution in [0.25, 0.3) is 0 Å². The van der Waals surface area contributed by atoms with Gasteiger partial charge in [-0.3, -0.25) is 4.79 Å². The van der Waals surface area contributed by atoms with Crippen LogP contribution in [0, 0.1) is 0 Å². The van der Waals surface area contributed by atoms with Gasteiger partial charge in [-0.25, -0.2) is 4.79 Å². The summed E-state index contributed by atoms with van der Waals surface area (Å²) in [6.45, 7) is 8.73. The van der Waals surface area contributed by atoms with Gasteiger partial charge in [0.05, 0.1) is 13.2 Å². The molecule has 0 aliphatic rings. The molecule has 15 nitrogen and oxygen atoms in total. The van der Waals surface area contributed by atoms with Gasteiger partial charge in [0.15, 0.2) is 6.61 Å². The van der Waals surface area contributed by atoms with Gasteiger partial charge in [-0.15, -0.1) is 31.5 Å². The first-order valence-corrected chi connectivity index (χ1v) is 21.2. The first-order chi connectivity index (χ1) is 23.4. The van der Waals surface area contributed by atoms with Crippen molar-refractivity contribution in [1.29, 1.82) is 0 Å². The quantitative estimate of drug-likeness (QED) is 0.0279. The minimum atomic E-state index is -0.652. The van der Waals surface area contributed by atoms with Crippen molar-refractivity contribution in [2.75, 3.05) is 59.2 Å². The van der Waals surface area contributed by atoms with Crippen molar-refractivity contribution in [3.05, 3.63) is 0 Å². The number of halogens is 2. The second-order valence-corrected chi connectivity index (χ2v) is 14.3. The van der Waals surface area contributed by atoms with Crippen LogP contribution >= 0.6 is 59.6 Å². The first kappa shape index (κ1) is 56.4. The van der Waals surface area contributed by atoms with Crippen molar-refractivity contribution in [3.8, 4) is 0 Å². The van der Waals surface area contributed by atoms with Crippen molar-refractivity contribution in [1.82, 2.24) is 21.1 Å². The minimum Gasteiger partial charge on any atom is -0.439 e. The zero-order valence-electron chi connectivity index (χ0n) is 27.6. The predicted octanol–water partition coefficient (Wildman–Crippen LogP) is 2.20. The molecule has 0 saturated heterocycles. The number of unbranched alkanes of at least 4 members (excludes halogenated alkanes) is 5. The average Bonchev–Trinajstić information content (AvgIpc) is 3.10. The number of aldehydes is 4. The Labute approximate surface area is 317 Å². The zero-order valence-corrected chi connectivity index (χ0v) is 34.1. The van der Waals surface area contributed by atoms with E-state index in [-0.39, 0.29) is 12.5 Å². The van der Waals surface area contributed by atoms with Crippen LogP contribution in [0.15, 0.2) is 0 Å². The van der Waals surface area contributed by atoms with Crippen LogP contribution in [0.2, 0.25) is 0 Å².